The van der Waals surface area contributed by atoms with Gasteiger partial charge in [0.2, 0.25) is 5.88 Å². The van der Waals surface area contributed by atoms with Crippen molar-refractivity contribution in [1.82, 2.24) is 15.0 Å². The van der Waals surface area contributed by atoms with Crippen LogP contribution in [0, 0.1) is 0 Å². The van der Waals surface area contributed by atoms with Crippen LogP contribution in [0.5, 0.6) is 17.4 Å². The molecule has 9 nitrogen and oxygen atoms in total. The molecule has 1 aliphatic rings. The Morgan fingerprint density at radius 3 is 2.55 bits per heavy atom. The van der Waals surface area contributed by atoms with Gasteiger partial charge in [0.15, 0.2) is 0 Å². The molecule has 0 saturated carbocycles. The molecule has 0 bridgehead atoms. The van der Waals surface area contributed by atoms with Crippen LogP contribution in [-0.2, 0) is 0 Å². The summed E-state index contributed by atoms with van der Waals surface area (Å²) >= 11 is 5.91. The van der Waals surface area contributed by atoms with Crippen molar-refractivity contribution in [2.24, 2.45) is 5.10 Å². The Morgan fingerprint density at radius 2 is 1.87 bits per heavy atom. The predicted molar refractivity (Wildman–Crippen MR) is 116 cm³/mol. The summed E-state index contributed by atoms with van der Waals surface area (Å²) in [4.78, 5) is 27.2. The maximum absolute atomic E-state index is 12.5. The van der Waals surface area contributed by atoms with E-state index in [9.17, 15) is 14.7 Å². The van der Waals surface area contributed by atoms with E-state index in [4.69, 9.17) is 21.1 Å². The zero-order valence-electron chi connectivity index (χ0n) is 16.7. The number of halogens is 1. The van der Waals surface area contributed by atoms with Gasteiger partial charge in [-0.25, -0.2) is 9.36 Å². The summed E-state index contributed by atoms with van der Waals surface area (Å²) in [5, 5.41) is 15.6. The number of ether oxygens (including phenoxy) is 2. The number of H-pyrrole nitrogens is 1. The first kappa shape index (κ1) is 20.5. The molecule has 1 aromatic heterocycles. The second-order valence-corrected chi connectivity index (χ2v) is 7.26. The monoisotopic (exact) mass is 442 g/mol. The number of hydrogen-bond acceptors (Lipinski definition) is 7. The standard InChI is InChI=1S/C21H19ClN4O5/c1-30-13-7-8-17(31-2)14(9-13)15-10-16(25-24-15)18-19(27)23-21(29)26(20(18)28)12-5-3-11(22)4-6-12/h3-9,15,24,28H,10H2,1-2H3,(H,23,27,29)/t15-/m1/s1. The minimum atomic E-state index is -0.772. The van der Waals surface area contributed by atoms with Crippen molar-refractivity contribution in [2.45, 2.75) is 12.5 Å². The average molecular weight is 443 g/mol. The Balaban J connectivity index is 1.74. The normalized spacial score (nSPS) is 15.3. The van der Waals surface area contributed by atoms with E-state index in [0.717, 1.165) is 10.1 Å². The number of benzene rings is 2. The van der Waals surface area contributed by atoms with E-state index in [1.165, 1.54) is 0 Å². The quantitative estimate of drug-likeness (QED) is 0.558. The van der Waals surface area contributed by atoms with Crippen LogP contribution in [-0.4, -0.2) is 34.6 Å². The highest BCUT2D eigenvalue weighted by atomic mass is 35.5. The third-order valence-corrected chi connectivity index (χ3v) is 5.28. The van der Waals surface area contributed by atoms with E-state index in [1.807, 2.05) is 6.07 Å². The number of rotatable bonds is 5. The molecule has 0 unspecified atom stereocenters. The van der Waals surface area contributed by atoms with Gasteiger partial charge in [-0.3, -0.25) is 9.78 Å². The molecule has 0 amide bonds. The van der Waals surface area contributed by atoms with Crippen molar-refractivity contribution >= 4 is 17.3 Å². The second-order valence-electron chi connectivity index (χ2n) is 6.82. The molecule has 0 spiro atoms. The number of hydrazone groups is 1. The highest BCUT2D eigenvalue weighted by Crippen LogP contribution is 2.34. The number of nitrogens with zero attached hydrogens (tertiary/aromatic N) is 2. The van der Waals surface area contributed by atoms with Crippen LogP contribution in [0.15, 0.2) is 57.2 Å². The summed E-state index contributed by atoms with van der Waals surface area (Å²) in [6.45, 7) is 0. The van der Waals surface area contributed by atoms with E-state index >= 15 is 0 Å². The van der Waals surface area contributed by atoms with Gasteiger partial charge in [-0.1, -0.05) is 11.6 Å². The predicted octanol–water partition coefficient (Wildman–Crippen LogP) is 2.34. The molecule has 31 heavy (non-hydrogen) atoms. The van der Waals surface area contributed by atoms with Gasteiger partial charge in [0.25, 0.3) is 5.56 Å². The molecule has 2 heterocycles. The van der Waals surface area contributed by atoms with Crippen LogP contribution in [0.25, 0.3) is 5.69 Å². The minimum Gasteiger partial charge on any atom is -0.497 e. The molecule has 3 N–H and O–H groups in total. The molecular formula is C21H19ClN4O5. The van der Waals surface area contributed by atoms with Crippen LogP contribution in [0.3, 0.4) is 0 Å². The summed E-state index contributed by atoms with van der Waals surface area (Å²) in [6.07, 6.45) is 0.277. The summed E-state index contributed by atoms with van der Waals surface area (Å²) < 4.78 is 11.7. The van der Waals surface area contributed by atoms with Gasteiger partial charge in [0.1, 0.15) is 17.1 Å². The zero-order chi connectivity index (χ0) is 22.1. The Labute approximate surface area is 181 Å². The van der Waals surface area contributed by atoms with Crippen LogP contribution >= 0.6 is 11.6 Å². The first-order valence-electron chi connectivity index (χ1n) is 9.31. The fourth-order valence-corrected chi connectivity index (χ4v) is 3.63. The number of aromatic nitrogens is 2. The lowest BCUT2D eigenvalue weighted by Crippen LogP contribution is -2.33. The van der Waals surface area contributed by atoms with Gasteiger partial charge < -0.3 is 20.0 Å². The van der Waals surface area contributed by atoms with Gasteiger partial charge in [0, 0.05) is 17.0 Å². The van der Waals surface area contributed by atoms with E-state index in [1.54, 1.807) is 50.6 Å². The molecule has 0 saturated heterocycles. The third kappa shape index (κ3) is 3.75. The third-order valence-electron chi connectivity index (χ3n) is 5.02. The second kappa shape index (κ2) is 8.19. The van der Waals surface area contributed by atoms with Crippen molar-refractivity contribution in [2.75, 3.05) is 14.2 Å². The van der Waals surface area contributed by atoms with Crippen LogP contribution in [0.1, 0.15) is 23.6 Å². The zero-order valence-corrected chi connectivity index (χ0v) is 17.4. The average Bonchev–Trinajstić information content (AvgIpc) is 3.23. The Kier molecular flexibility index (Phi) is 5.43. The van der Waals surface area contributed by atoms with Crippen LogP contribution < -0.4 is 26.1 Å². The van der Waals surface area contributed by atoms with Crippen molar-refractivity contribution < 1.29 is 14.6 Å². The van der Waals surface area contributed by atoms with Gasteiger partial charge in [-0.05, 0) is 42.5 Å². The Morgan fingerprint density at radius 1 is 1.13 bits per heavy atom. The summed E-state index contributed by atoms with van der Waals surface area (Å²) in [5.74, 6) is 0.761. The molecule has 4 rings (SSSR count). The smallest absolute Gasteiger partial charge is 0.335 e. The molecule has 2 aromatic carbocycles. The van der Waals surface area contributed by atoms with Gasteiger partial charge in [0.05, 0.1) is 31.7 Å². The van der Waals surface area contributed by atoms with Gasteiger partial charge in [-0.15, -0.1) is 0 Å². The van der Waals surface area contributed by atoms with Crippen LogP contribution in [0.2, 0.25) is 5.02 Å². The number of nitrogens with one attached hydrogen (secondary N) is 2. The largest absolute Gasteiger partial charge is 0.497 e. The summed E-state index contributed by atoms with van der Waals surface area (Å²) in [6, 6.07) is 11.3. The Hall–Kier alpha value is -3.72. The number of methoxy groups -OCH3 is 2. The van der Waals surface area contributed by atoms with E-state index in [2.05, 4.69) is 15.5 Å². The molecular weight excluding hydrogens is 424 g/mol. The maximum Gasteiger partial charge on any atom is 0.335 e. The van der Waals surface area contributed by atoms with Crippen LogP contribution in [0.4, 0.5) is 0 Å². The SMILES string of the molecule is COc1ccc(OC)c([C@H]2CC(c3c(O)n(-c4ccc(Cl)cc4)c(=O)[nH]c3=O)=NN2)c1. The first-order valence-corrected chi connectivity index (χ1v) is 9.69. The number of hydrogen-bond donors (Lipinski definition) is 3. The molecule has 1 aliphatic heterocycles. The molecule has 1 atom stereocenters. The van der Waals surface area contributed by atoms with Crippen molar-refractivity contribution in [3.8, 4) is 23.1 Å². The lowest BCUT2D eigenvalue weighted by Gasteiger charge is -2.16. The lowest BCUT2D eigenvalue weighted by atomic mass is 9.99. The molecule has 0 fully saturated rings. The number of aromatic amines is 1. The topological polar surface area (TPSA) is 118 Å². The molecule has 0 radical (unpaired) electrons. The molecule has 160 valence electrons. The minimum absolute atomic E-state index is 0.0913. The Bertz CT molecular complexity index is 1280. The fraction of sp³-hybridized carbons (Fsp3) is 0.190. The fourth-order valence-electron chi connectivity index (χ4n) is 3.50. The maximum atomic E-state index is 12.5. The van der Waals surface area contributed by atoms with E-state index < -0.39 is 17.1 Å². The highest BCUT2D eigenvalue weighted by Gasteiger charge is 2.29. The molecule has 3 aromatic rings. The lowest BCUT2D eigenvalue weighted by molar-refractivity contribution is 0.392. The van der Waals surface area contributed by atoms with Crippen molar-refractivity contribution in [1.29, 1.82) is 0 Å². The van der Waals surface area contributed by atoms with Crippen molar-refractivity contribution in [3.05, 3.63) is 79.5 Å². The van der Waals surface area contributed by atoms with Crippen molar-refractivity contribution in [3.63, 3.8) is 0 Å². The summed E-state index contributed by atoms with van der Waals surface area (Å²) in [7, 11) is 3.12. The molecule has 10 heteroatoms. The van der Waals surface area contributed by atoms with E-state index in [-0.39, 0.29) is 18.0 Å². The number of aromatic hydroxyl groups is 1. The summed E-state index contributed by atoms with van der Waals surface area (Å²) in [5.41, 5.74) is 2.80. The van der Waals surface area contributed by atoms with Gasteiger partial charge >= 0.3 is 5.69 Å². The van der Waals surface area contributed by atoms with Gasteiger partial charge in [-0.2, -0.15) is 5.10 Å². The molecule has 0 aliphatic carbocycles. The first-order chi connectivity index (χ1) is 14.9. The van der Waals surface area contributed by atoms with E-state index in [0.29, 0.717) is 27.9 Å². The highest BCUT2D eigenvalue weighted by molar-refractivity contribution is 6.30.